The molecule has 0 saturated carbocycles. The van der Waals surface area contributed by atoms with Gasteiger partial charge in [-0.25, -0.2) is 0 Å². The van der Waals surface area contributed by atoms with E-state index >= 15 is 0 Å². The summed E-state index contributed by atoms with van der Waals surface area (Å²) in [5.74, 6) is 1.18. The van der Waals surface area contributed by atoms with Gasteiger partial charge in [0.1, 0.15) is 0 Å². The third-order valence-electron chi connectivity index (χ3n) is 10.0. The van der Waals surface area contributed by atoms with Crippen molar-refractivity contribution in [2.45, 2.75) is 104 Å². The predicted molar refractivity (Wildman–Crippen MR) is 199 cm³/mol. The van der Waals surface area contributed by atoms with E-state index in [1.807, 2.05) is 7.11 Å². The summed E-state index contributed by atoms with van der Waals surface area (Å²) in [6.45, 7) is 9.22. The molecule has 0 aromatic heterocycles. The van der Waals surface area contributed by atoms with E-state index < -0.39 is 7.26 Å². The van der Waals surface area contributed by atoms with E-state index in [1.165, 1.54) is 72.7 Å². The van der Waals surface area contributed by atoms with Gasteiger partial charge in [0.2, 0.25) is 0 Å². The maximum atomic E-state index is 6.06. The molecule has 2 heteroatoms. The van der Waals surface area contributed by atoms with Crippen LogP contribution in [-0.4, -0.2) is 18.9 Å². The molecule has 1 nitrogen and oxygen atoms in total. The molecule has 236 valence electrons. The van der Waals surface area contributed by atoms with Crippen molar-refractivity contribution in [1.29, 1.82) is 0 Å². The minimum absolute atomic E-state index is 0.445. The average Bonchev–Trinajstić information content (AvgIpc) is 3.51. The Bertz CT molecular complexity index is 1370. The Hall–Kier alpha value is -2.89. The number of methoxy groups -OCH3 is 1. The van der Waals surface area contributed by atoms with Crippen molar-refractivity contribution < 1.29 is 4.74 Å². The quantitative estimate of drug-likeness (QED) is 0.136. The third-order valence-corrected chi connectivity index (χ3v) is 15.4. The van der Waals surface area contributed by atoms with E-state index in [4.69, 9.17) is 4.74 Å². The van der Waals surface area contributed by atoms with E-state index in [9.17, 15) is 0 Å². The van der Waals surface area contributed by atoms with E-state index in [2.05, 4.69) is 125 Å². The molecule has 2 aromatic carbocycles. The van der Waals surface area contributed by atoms with Crippen LogP contribution in [0.1, 0.15) is 93.5 Å². The molecule has 2 aliphatic carbocycles. The summed E-state index contributed by atoms with van der Waals surface area (Å²) in [5.41, 5.74) is 7.93. The zero-order valence-electron chi connectivity index (χ0n) is 28.2. The van der Waals surface area contributed by atoms with E-state index in [-0.39, 0.29) is 0 Å². The van der Waals surface area contributed by atoms with Crippen LogP contribution in [0.2, 0.25) is 0 Å². The van der Waals surface area contributed by atoms with Crippen LogP contribution < -0.4 is 10.0 Å². The zero-order valence-corrected chi connectivity index (χ0v) is 29.2. The van der Waals surface area contributed by atoms with Crippen LogP contribution >= 0.6 is 7.26 Å². The Morgan fingerprint density at radius 2 is 1.36 bits per heavy atom. The van der Waals surface area contributed by atoms with Gasteiger partial charge >= 0.3 is 243 Å². The second kappa shape index (κ2) is 17.6. The van der Waals surface area contributed by atoms with Crippen LogP contribution in [0.4, 0.5) is 0 Å². The van der Waals surface area contributed by atoms with Gasteiger partial charge in [0.15, 0.2) is 0 Å². The average molecular weight is 609 g/mol. The molecule has 0 N–H and O–H groups in total. The van der Waals surface area contributed by atoms with Crippen molar-refractivity contribution in [3.8, 4) is 5.75 Å². The minimum atomic E-state index is -2.10. The SMILES string of the molecule is CCc1c(C)c(CCCCCCCC[PH](C2=CC=CCC=C2)(c2ccccc2)C2C=CC=CC=C2)c(OC)c(CC)c1CC. The molecule has 2 aliphatic rings. The zero-order chi connectivity index (χ0) is 31.2. The summed E-state index contributed by atoms with van der Waals surface area (Å²) in [7, 11) is -0.231. The van der Waals surface area contributed by atoms with E-state index in [0.717, 1.165) is 32.1 Å². The minimum Gasteiger partial charge on any atom is -0.0613 e. The summed E-state index contributed by atoms with van der Waals surface area (Å²) in [5, 5.41) is 3.12. The van der Waals surface area contributed by atoms with E-state index in [0.29, 0.717) is 5.66 Å². The van der Waals surface area contributed by atoms with Crippen LogP contribution in [0.3, 0.4) is 0 Å². The predicted octanol–water partition coefficient (Wildman–Crippen LogP) is 11.1. The summed E-state index contributed by atoms with van der Waals surface area (Å²) < 4.78 is 6.06. The fourth-order valence-electron chi connectivity index (χ4n) is 7.83. The molecule has 0 bridgehead atoms. The molecule has 0 unspecified atom stereocenters. The van der Waals surface area contributed by atoms with Crippen molar-refractivity contribution in [2.75, 3.05) is 13.3 Å². The molecule has 4 rings (SSSR count). The van der Waals surface area contributed by atoms with Gasteiger partial charge in [0, 0.05) is 0 Å². The van der Waals surface area contributed by atoms with Crippen molar-refractivity contribution in [3.05, 3.63) is 130 Å². The number of ether oxygens (including phenoxy) is 1. The Morgan fingerprint density at radius 1 is 0.705 bits per heavy atom. The summed E-state index contributed by atoms with van der Waals surface area (Å²) in [4.78, 5) is 0. The van der Waals surface area contributed by atoms with Gasteiger partial charge in [0.05, 0.1) is 0 Å². The van der Waals surface area contributed by atoms with Gasteiger partial charge < -0.3 is 0 Å². The number of benzene rings is 2. The molecule has 0 spiro atoms. The van der Waals surface area contributed by atoms with Crippen molar-refractivity contribution >= 4 is 12.6 Å². The van der Waals surface area contributed by atoms with Crippen LogP contribution in [0, 0.1) is 6.92 Å². The Balaban J connectivity index is 1.42. The van der Waals surface area contributed by atoms with Crippen LogP contribution in [-0.2, 0) is 25.7 Å². The van der Waals surface area contributed by atoms with Crippen molar-refractivity contribution in [2.24, 2.45) is 0 Å². The molecule has 2 aromatic rings. The summed E-state index contributed by atoms with van der Waals surface area (Å²) in [6, 6.07) is 11.5. The van der Waals surface area contributed by atoms with Crippen LogP contribution in [0.15, 0.2) is 102 Å². The fourth-order valence-corrected chi connectivity index (χ4v) is 13.1. The first-order valence-electron chi connectivity index (χ1n) is 17.4. The Kier molecular flexibility index (Phi) is 13.6. The topological polar surface area (TPSA) is 9.23 Å². The molecule has 0 saturated heterocycles. The van der Waals surface area contributed by atoms with Crippen LogP contribution in [0.5, 0.6) is 5.75 Å². The molecule has 0 radical (unpaired) electrons. The van der Waals surface area contributed by atoms with Gasteiger partial charge in [-0.3, -0.25) is 0 Å². The van der Waals surface area contributed by atoms with Crippen molar-refractivity contribution in [3.63, 3.8) is 0 Å². The van der Waals surface area contributed by atoms with Gasteiger partial charge in [-0.15, -0.1) is 0 Å². The molecule has 0 fully saturated rings. The Labute approximate surface area is 269 Å². The first-order chi connectivity index (χ1) is 21.6. The summed E-state index contributed by atoms with van der Waals surface area (Å²) >= 11 is 0. The number of rotatable bonds is 16. The molecule has 0 heterocycles. The fraction of sp³-hybridized carbons (Fsp3) is 0.429. The first kappa shape index (κ1) is 34.0. The second-order valence-electron chi connectivity index (χ2n) is 12.5. The molecular weight excluding hydrogens is 551 g/mol. The Morgan fingerprint density at radius 3 is 2.02 bits per heavy atom. The smallest absolute Gasteiger partial charge is 0.0613 e. The molecule has 0 atom stereocenters. The maximum absolute atomic E-state index is 6.06. The van der Waals surface area contributed by atoms with Crippen molar-refractivity contribution in [1.82, 2.24) is 0 Å². The van der Waals surface area contributed by atoms with Crippen LogP contribution in [0.25, 0.3) is 0 Å². The molecule has 44 heavy (non-hydrogen) atoms. The molecule has 0 amide bonds. The van der Waals surface area contributed by atoms with E-state index in [1.54, 1.807) is 16.2 Å². The first-order valence-corrected chi connectivity index (χ1v) is 19.7. The van der Waals surface area contributed by atoms with Gasteiger partial charge in [-0.05, 0) is 6.42 Å². The summed E-state index contributed by atoms with van der Waals surface area (Å²) in [6.07, 6.45) is 40.1. The van der Waals surface area contributed by atoms with Gasteiger partial charge in [-0.1, -0.05) is 20.8 Å². The monoisotopic (exact) mass is 608 g/mol. The number of allylic oxidation sites excluding steroid dienone is 12. The van der Waals surface area contributed by atoms with Gasteiger partial charge in [-0.2, -0.15) is 0 Å². The third kappa shape index (κ3) is 7.84. The molecule has 0 aliphatic heterocycles. The normalized spacial score (nSPS) is 15.3. The number of hydrogen-bond acceptors (Lipinski definition) is 1. The standard InChI is InChI=1S/C42H57OP/c1-6-38-34(4)41(42(43-5)40(8-3)39(38)7-2)32-24-11-9-10-16-25-33-44(37-30-22-17-23-31-37,35-26-18-12-13-19-27-35)36-28-20-14-15-21-29-36/h12-14,17-23,26-31,35,44H,6-11,15-16,24-25,32-33H2,1-5H3. The second-order valence-corrected chi connectivity index (χ2v) is 16.7. The number of unbranched alkanes of at least 4 members (excludes halogenated alkanes) is 5. The van der Waals surface area contributed by atoms with Gasteiger partial charge in [0.25, 0.3) is 0 Å². The number of hydrogen-bond donors (Lipinski definition) is 0. The molecular formula is C42H57OP.